The molecule has 4 nitrogen and oxygen atoms in total. The number of rotatable bonds is 6. The van der Waals surface area contributed by atoms with Crippen molar-refractivity contribution in [2.45, 2.75) is 34.3 Å². The maximum absolute atomic E-state index is 12.2. The summed E-state index contributed by atoms with van der Waals surface area (Å²) in [6.45, 7) is 9.81. The van der Waals surface area contributed by atoms with Crippen molar-refractivity contribution in [3.63, 3.8) is 0 Å². The largest absolute Gasteiger partial charge is 0.486 e. The van der Waals surface area contributed by atoms with Crippen molar-refractivity contribution in [3.8, 4) is 5.75 Å². The van der Waals surface area contributed by atoms with Gasteiger partial charge >= 0.3 is 0 Å². The number of nitrogens with zero attached hydrogens (tertiary/aromatic N) is 2. The van der Waals surface area contributed by atoms with Crippen LogP contribution in [0.25, 0.3) is 0 Å². The highest BCUT2D eigenvalue weighted by molar-refractivity contribution is 7.09. The van der Waals surface area contributed by atoms with E-state index < -0.39 is 0 Å². The summed E-state index contributed by atoms with van der Waals surface area (Å²) in [5, 5.41) is 2.62. The fourth-order valence-corrected chi connectivity index (χ4v) is 2.99. The molecule has 1 aromatic heterocycles. The number of amides is 1. The lowest BCUT2D eigenvalue weighted by atomic mass is 10.1. The number of aromatic nitrogens is 1. The van der Waals surface area contributed by atoms with Crippen LogP contribution < -0.4 is 4.74 Å². The number of benzene rings is 1. The van der Waals surface area contributed by atoms with E-state index in [0.717, 1.165) is 10.8 Å². The van der Waals surface area contributed by atoms with E-state index in [1.165, 1.54) is 22.5 Å². The first-order valence-electron chi connectivity index (χ1n) is 7.48. The van der Waals surface area contributed by atoms with E-state index in [1.54, 1.807) is 10.3 Å². The van der Waals surface area contributed by atoms with Crippen LogP contribution in [0.1, 0.15) is 40.5 Å². The molecule has 0 saturated carbocycles. The van der Waals surface area contributed by atoms with E-state index in [4.69, 9.17) is 4.74 Å². The molecule has 0 aliphatic heterocycles. The van der Waals surface area contributed by atoms with Crippen molar-refractivity contribution in [1.82, 2.24) is 9.88 Å². The normalized spacial score (nSPS) is 10.5. The highest BCUT2D eigenvalue weighted by Crippen LogP contribution is 2.19. The lowest BCUT2D eigenvalue weighted by molar-refractivity contribution is 0.0767. The van der Waals surface area contributed by atoms with Gasteiger partial charge in [-0.3, -0.25) is 4.79 Å². The summed E-state index contributed by atoms with van der Waals surface area (Å²) in [7, 11) is 0. The molecule has 2 aromatic rings. The number of hydrogen-bond acceptors (Lipinski definition) is 4. The first kappa shape index (κ1) is 16.5. The number of thiazole rings is 1. The van der Waals surface area contributed by atoms with Gasteiger partial charge in [0.15, 0.2) is 0 Å². The summed E-state index contributed by atoms with van der Waals surface area (Å²) in [4.78, 5) is 18.4. The van der Waals surface area contributed by atoms with E-state index in [-0.39, 0.29) is 5.91 Å². The van der Waals surface area contributed by atoms with Crippen LogP contribution in [0, 0.1) is 13.8 Å². The van der Waals surface area contributed by atoms with Crippen LogP contribution in [0.5, 0.6) is 5.75 Å². The second kappa shape index (κ2) is 7.40. The van der Waals surface area contributed by atoms with Gasteiger partial charge in [-0.15, -0.1) is 11.3 Å². The van der Waals surface area contributed by atoms with E-state index in [1.807, 2.05) is 39.8 Å². The van der Waals surface area contributed by atoms with Crippen molar-refractivity contribution in [2.24, 2.45) is 0 Å². The Labute approximate surface area is 135 Å². The molecule has 0 radical (unpaired) electrons. The molecule has 0 N–H and O–H groups in total. The second-order valence-electron chi connectivity index (χ2n) is 5.22. The number of carbonyl (C=O) groups excluding carboxylic acids is 1. The molecule has 1 aromatic carbocycles. The molecule has 0 saturated heterocycles. The zero-order valence-corrected chi connectivity index (χ0v) is 14.4. The standard InChI is InChI=1S/C17H22N2O2S/c1-5-19(6-2)17(20)15-11-22-16(18-15)10-21-14-8-12(3)7-13(4)9-14/h7-9,11H,5-6,10H2,1-4H3. The topological polar surface area (TPSA) is 42.4 Å². The van der Waals surface area contributed by atoms with Crippen LogP contribution in [-0.2, 0) is 6.61 Å². The van der Waals surface area contributed by atoms with Gasteiger partial charge in [-0.25, -0.2) is 4.98 Å². The monoisotopic (exact) mass is 318 g/mol. The Morgan fingerprint density at radius 3 is 2.41 bits per heavy atom. The first-order valence-corrected chi connectivity index (χ1v) is 8.36. The molecule has 0 bridgehead atoms. The molecule has 1 heterocycles. The minimum Gasteiger partial charge on any atom is -0.486 e. The quantitative estimate of drug-likeness (QED) is 0.813. The summed E-state index contributed by atoms with van der Waals surface area (Å²) in [6.07, 6.45) is 0. The van der Waals surface area contributed by atoms with Gasteiger partial charge in [0.2, 0.25) is 0 Å². The molecular weight excluding hydrogens is 296 g/mol. The average Bonchev–Trinajstić information content (AvgIpc) is 2.94. The summed E-state index contributed by atoms with van der Waals surface area (Å²) in [5.41, 5.74) is 2.85. The summed E-state index contributed by atoms with van der Waals surface area (Å²) >= 11 is 1.46. The molecule has 0 aliphatic rings. The molecule has 5 heteroatoms. The Morgan fingerprint density at radius 1 is 1.18 bits per heavy atom. The van der Waals surface area contributed by atoms with Gasteiger partial charge in [0.05, 0.1) is 0 Å². The SMILES string of the molecule is CCN(CC)C(=O)c1csc(COc2cc(C)cc(C)c2)n1. The predicted molar refractivity (Wildman–Crippen MR) is 89.6 cm³/mol. The minimum absolute atomic E-state index is 0.0149. The fraction of sp³-hybridized carbons (Fsp3) is 0.412. The van der Waals surface area contributed by atoms with E-state index >= 15 is 0 Å². The Balaban J connectivity index is 2.01. The van der Waals surface area contributed by atoms with Gasteiger partial charge in [-0.05, 0) is 51.0 Å². The molecule has 118 valence electrons. The minimum atomic E-state index is -0.0149. The molecule has 1 amide bonds. The number of carbonyl (C=O) groups is 1. The van der Waals surface area contributed by atoms with Gasteiger partial charge in [0, 0.05) is 18.5 Å². The highest BCUT2D eigenvalue weighted by atomic mass is 32.1. The average molecular weight is 318 g/mol. The van der Waals surface area contributed by atoms with E-state index in [0.29, 0.717) is 25.4 Å². The van der Waals surface area contributed by atoms with Crippen molar-refractivity contribution in [2.75, 3.05) is 13.1 Å². The maximum Gasteiger partial charge on any atom is 0.273 e. The third-order valence-corrected chi connectivity index (χ3v) is 4.20. The first-order chi connectivity index (χ1) is 10.5. The fourth-order valence-electron chi connectivity index (χ4n) is 2.31. The highest BCUT2D eigenvalue weighted by Gasteiger charge is 2.16. The van der Waals surface area contributed by atoms with Crippen LogP contribution >= 0.6 is 11.3 Å². The number of hydrogen-bond donors (Lipinski definition) is 0. The van der Waals surface area contributed by atoms with Crippen LogP contribution in [0.2, 0.25) is 0 Å². The molecule has 22 heavy (non-hydrogen) atoms. The van der Waals surface area contributed by atoms with Gasteiger partial charge < -0.3 is 9.64 Å². The van der Waals surface area contributed by atoms with Crippen molar-refractivity contribution in [3.05, 3.63) is 45.4 Å². The second-order valence-corrected chi connectivity index (χ2v) is 6.16. The zero-order chi connectivity index (χ0) is 16.1. The van der Waals surface area contributed by atoms with Gasteiger partial charge in [0.25, 0.3) is 5.91 Å². The summed E-state index contributed by atoms with van der Waals surface area (Å²) in [6, 6.07) is 6.11. The Bertz CT molecular complexity index is 628. The maximum atomic E-state index is 12.2. The van der Waals surface area contributed by atoms with Crippen LogP contribution in [0.4, 0.5) is 0 Å². The number of ether oxygens (including phenoxy) is 1. The van der Waals surface area contributed by atoms with E-state index in [2.05, 4.69) is 11.1 Å². The van der Waals surface area contributed by atoms with Crippen LogP contribution in [0.3, 0.4) is 0 Å². The molecule has 0 unspecified atom stereocenters. The lowest BCUT2D eigenvalue weighted by Crippen LogP contribution is -2.30. The van der Waals surface area contributed by atoms with Crippen LogP contribution in [0.15, 0.2) is 23.6 Å². The smallest absolute Gasteiger partial charge is 0.273 e. The Morgan fingerprint density at radius 2 is 1.82 bits per heavy atom. The zero-order valence-electron chi connectivity index (χ0n) is 13.5. The Hall–Kier alpha value is -1.88. The van der Waals surface area contributed by atoms with Crippen molar-refractivity contribution < 1.29 is 9.53 Å². The van der Waals surface area contributed by atoms with Crippen LogP contribution in [-0.4, -0.2) is 28.9 Å². The van der Waals surface area contributed by atoms with Gasteiger partial charge in [-0.2, -0.15) is 0 Å². The van der Waals surface area contributed by atoms with E-state index in [9.17, 15) is 4.79 Å². The summed E-state index contributed by atoms with van der Waals surface area (Å²) < 4.78 is 5.78. The molecule has 0 atom stereocenters. The van der Waals surface area contributed by atoms with Gasteiger partial charge in [-0.1, -0.05) is 6.07 Å². The Kier molecular flexibility index (Phi) is 5.55. The summed E-state index contributed by atoms with van der Waals surface area (Å²) in [5.74, 6) is 0.822. The van der Waals surface area contributed by atoms with Crippen molar-refractivity contribution in [1.29, 1.82) is 0 Å². The van der Waals surface area contributed by atoms with Gasteiger partial charge in [0.1, 0.15) is 23.1 Å². The molecule has 0 fully saturated rings. The molecule has 2 rings (SSSR count). The molecule has 0 spiro atoms. The predicted octanol–water partition coefficient (Wildman–Crippen LogP) is 3.82. The third kappa shape index (κ3) is 4.07. The molecule has 0 aliphatic carbocycles. The third-order valence-electron chi connectivity index (χ3n) is 3.38. The lowest BCUT2D eigenvalue weighted by Gasteiger charge is -2.16. The molecular formula is C17H22N2O2S. The van der Waals surface area contributed by atoms with Crippen molar-refractivity contribution >= 4 is 17.2 Å². The number of aryl methyl sites for hydroxylation is 2.